The third-order valence-electron chi connectivity index (χ3n) is 1.90. The maximum Gasteiger partial charge on any atom is 0.337 e. The molecule has 1 atom stereocenters. The van der Waals surface area contributed by atoms with Gasteiger partial charge in [-0.15, -0.1) is 6.58 Å². The quantitative estimate of drug-likeness (QED) is 0.585. The van der Waals surface area contributed by atoms with Crippen LogP contribution in [0.4, 0.5) is 0 Å². The summed E-state index contributed by atoms with van der Waals surface area (Å²) in [5.41, 5.74) is 1.17. The van der Waals surface area contributed by atoms with Crippen LogP contribution in [0.15, 0.2) is 36.9 Å². The van der Waals surface area contributed by atoms with Crippen LogP contribution in [0.2, 0.25) is 0 Å². The number of esters is 1. The number of ether oxygens (including phenoxy) is 1. The summed E-state index contributed by atoms with van der Waals surface area (Å²) < 4.78 is 4.54. The van der Waals surface area contributed by atoms with Crippen molar-refractivity contribution in [3.05, 3.63) is 48.0 Å². The molecule has 0 heterocycles. The van der Waals surface area contributed by atoms with Crippen LogP contribution < -0.4 is 0 Å². The summed E-state index contributed by atoms with van der Waals surface area (Å²) in [5, 5.41) is 9.38. The molecule has 0 aliphatic carbocycles. The monoisotopic (exact) mass is 192 g/mol. The van der Waals surface area contributed by atoms with Crippen molar-refractivity contribution < 1.29 is 14.6 Å². The molecule has 74 valence electrons. The molecule has 0 radical (unpaired) electrons. The zero-order valence-corrected chi connectivity index (χ0v) is 7.93. The van der Waals surface area contributed by atoms with E-state index in [-0.39, 0.29) is 5.97 Å². The number of hydrogen-bond acceptors (Lipinski definition) is 3. The number of hydrogen-bond donors (Lipinski definition) is 1. The summed E-state index contributed by atoms with van der Waals surface area (Å²) >= 11 is 0. The summed E-state index contributed by atoms with van der Waals surface area (Å²) in [4.78, 5) is 11.1. The van der Waals surface area contributed by atoms with Crippen molar-refractivity contribution >= 4 is 5.97 Å². The molecular weight excluding hydrogens is 180 g/mol. The van der Waals surface area contributed by atoms with Gasteiger partial charge < -0.3 is 9.84 Å². The van der Waals surface area contributed by atoms with E-state index in [4.69, 9.17) is 0 Å². The van der Waals surface area contributed by atoms with E-state index in [2.05, 4.69) is 11.3 Å². The van der Waals surface area contributed by atoms with Gasteiger partial charge in [0.25, 0.3) is 0 Å². The number of rotatable bonds is 3. The van der Waals surface area contributed by atoms with Crippen molar-refractivity contribution in [1.29, 1.82) is 0 Å². The molecule has 3 nitrogen and oxygen atoms in total. The summed E-state index contributed by atoms with van der Waals surface area (Å²) in [7, 11) is 1.33. The Balaban J connectivity index is 2.88. The first-order valence-electron chi connectivity index (χ1n) is 4.18. The largest absolute Gasteiger partial charge is 0.465 e. The SMILES string of the molecule is C=C[C@@H](O)c1ccc(C(=O)OC)cc1. The second kappa shape index (κ2) is 4.58. The lowest BCUT2D eigenvalue weighted by molar-refractivity contribution is 0.0600. The Bertz CT molecular complexity index is 327. The Kier molecular flexibility index (Phi) is 3.42. The maximum absolute atomic E-state index is 11.1. The van der Waals surface area contributed by atoms with Crippen molar-refractivity contribution in [2.45, 2.75) is 6.10 Å². The second-order valence-electron chi connectivity index (χ2n) is 2.79. The topological polar surface area (TPSA) is 46.5 Å². The van der Waals surface area contributed by atoms with Crippen molar-refractivity contribution in [2.24, 2.45) is 0 Å². The van der Waals surface area contributed by atoms with E-state index in [1.165, 1.54) is 13.2 Å². The van der Waals surface area contributed by atoms with Gasteiger partial charge in [-0.2, -0.15) is 0 Å². The molecule has 1 N–H and O–H groups in total. The Labute approximate surface area is 82.6 Å². The summed E-state index contributed by atoms with van der Waals surface area (Å²) in [6.45, 7) is 3.47. The molecule has 0 fully saturated rings. The molecule has 0 spiro atoms. The van der Waals surface area contributed by atoms with Gasteiger partial charge in [-0.25, -0.2) is 4.79 Å². The standard InChI is InChI=1S/C11H12O3/c1-3-10(12)8-4-6-9(7-5-8)11(13)14-2/h3-7,10,12H,1H2,2H3/t10-/m1/s1. The Morgan fingerprint density at radius 1 is 1.50 bits per heavy atom. The number of benzene rings is 1. The summed E-state index contributed by atoms with van der Waals surface area (Å²) in [5.74, 6) is -0.385. The average molecular weight is 192 g/mol. The molecule has 1 aromatic rings. The predicted octanol–water partition coefficient (Wildman–Crippen LogP) is 1.69. The minimum Gasteiger partial charge on any atom is -0.465 e. The van der Waals surface area contributed by atoms with Crippen LogP contribution in [0.5, 0.6) is 0 Å². The third-order valence-corrected chi connectivity index (χ3v) is 1.90. The fraction of sp³-hybridized carbons (Fsp3) is 0.182. The van der Waals surface area contributed by atoms with Crippen LogP contribution in [-0.4, -0.2) is 18.2 Å². The van der Waals surface area contributed by atoms with Crippen molar-refractivity contribution in [3.8, 4) is 0 Å². The van der Waals surface area contributed by atoms with E-state index in [0.717, 1.165) is 0 Å². The molecule has 1 aromatic carbocycles. The van der Waals surface area contributed by atoms with Crippen LogP contribution in [0, 0.1) is 0 Å². The van der Waals surface area contributed by atoms with Gasteiger partial charge >= 0.3 is 5.97 Å². The van der Waals surface area contributed by atoms with Crippen LogP contribution in [0.25, 0.3) is 0 Å². The average Bonchev–Trinajstić information content (AvgIpc) is 2.27. The first-order chi connectivity index (χ1) is 6.69. The number of carbonyl (C=O) groups is 1. The zero-order chi connectivity index (χ0) is 10.6. The molecule has 0 aromatic heterocycles. The highest BCUT2D eigenvalue weighted by molar-refractivity contribution is 5.89. The van der Waals surface area contributed by atoms with E-state index < -0.39 is 6.10 Å². The number of carbonyl (C=O) groups excluding carboxylic acids is 1. The van der Waals surface area contributed by atoms with Gasteiger partial charge in [-0.05, 0) is 17.7 Å². The van der Waals surface area contributed by atoms with Gasteiger partial charge in [0.05, 0.1) is 18.8 Å². The molecule has 3 heteroatoms. The molecule has 0 aliphatic rings. The third kappa shape index (κ3) is 2.20. The highest BCUT2D eigenvalue weighted by atomic mass is 16.5. The van der Waals surface area contributed by atoms with E-state index in [1.54, 1.807) is 24.3 Å². The molecular formula is C11H12O3. The number of aliphatic hydroxyl groups excluding tert-OH is 1. The lowest BCUT2D eigenvalue weighted by Crippen LogP contribution is -2.01. The first-order valence-corrected chi connectivity index (χ1v) is 4.18. The van der Waals surface area contributed by atoms with E-state index >= 15 is 0 Å². The normalized spacial score (nSPS) is 11.9. The number of aliphatic hydroxyl groups is 1. The highest BCUT2D eigenvalue weighted by Crippen LogP contribution is 2.14. The molecule has 0 saturated carbocycles. The van der Waals surface area contributed by atoms with Gasteiger partial charge in [0, 0.05) is 0 Å². The summed E-state index contributed by atoms with van der Waals surface area (Å²) in [6.07, 6.45) is 0.731. The van der Waals surface area contributed by atoms with Crippen LogP contribution in [-0.2, 0) is 4.74 Å². The minimum absolute atomic E-state index is 0.385. The molecule has 0 unspecified atom stereocenters. The zero-order valence-electron chi connectivity index (χ0n) is 7.93. The molecule has 14 heavy (non-hydrogen) atoms. The van der Waals surface area contributed by atoms with Gasteiger partial charge in [-0.1, -0.05) is 18.2 Å². The summed E-state index contributed by atoms with van der Waals surface area (Å²) in [6, 6.07) is 6.54. The Morgan fingerprint density at radius 3 is 2.50 bits per heavy atom. The smallest absolute Gasteiger partial charge is 0.337 e. The molecule has 0 saturated heterocycles. The van der Waals surface area contributed by atoms with Crippen LogP contribution >= 0.6 is 0 Å². The number of methoxy groups -OCH3 is 1. The molecule has 0 bridgehead atoms. The van der Waals surface area contributed by atoms with Gasteiger partial charge in [-0.3, -0.25) is 0 Å². The lowest BCUT2D eigenvalue weighted by Gasteiger charge is -2.05. The lowest BCUT2D eigenvalue weighted by atomic mass is 10.1. The maximum atomic E-state index is 11.1. The minimum atomic E-state index is -0.693. The van der Waals surface area contributed by atoms with Crippen molar-refractivity contribution in [3.63, 3.8) is 0 Å². The molecule has 1 rings (SSSR count). The van der Waals surface area contributed by atoms with Crippen LogP contribution in [0.3, 0.4) is 0 Å². The predicted molar refractivity (Wildman–Crippen MR) is 52.9 cm³/mol. The van der Waals surface area contributed by atoms with Gasteiger partial charge in [0.2, 0.25) is 0 Å². The van der Waals surface area contributed by atoms with E-state index in [0.29, 0.717) is 11.1 Å². The van der Waals surface area contributed by atoms with Crippen molar-refractivity contribution in [1.82, 2.24) is 0 Å². The molecule has 0 aliphatic heterocycles. The fourth-order valence-corrected chi connectivity index (χ4v) is 1.07. The van der Waals surface area contributed by atoms with Crippen molar-refractivity contribution in [2.75, 3.05) is 7.11 Å². The Morgan fingerprint density at radius 2 is 2.07 bits per heavy atom. The van der Waals surface area contributed by atoms with Crippen LogP contribution in [0.1, 0.15) is 22.0 Å². The van der Waals surface area contributed by atoms with Gasteiger partial charge in [0.1, 0.15) is 0 Å². The molecule has 0 amide bonds. The van der Waals surface area contributed by atoms with E-state index in [1.807, 2.05) is 0 Å². The Hall–Kier alpha value is -1.61. The second-order valence-corrected chi connectivity index (χ2v) is 2.79. The van der Waals surface area contributed by atoms with Gasteiger partial charge in [0.15, 0.2) is 0 Å². The highest BCUT2D eigenvalue weighted by Gasteiger charge is 2.06. The van der Waals surface area contributed by atoms with E-state index in [9.17, 15) is 9.90 Å². The fourth-order valence-electron chi connectivity index (χ4n) is 1.07. The first kappa shape index (κ1) is 10.5.